The highest BCUT2D eigenvalue weighted by atomic mass is 79.9. The maximum Gasteiger partial charge on any atom is 0.282 e. The molecule has 0 saturated heterocycles. The van der Waals surface area contributed by atoms with Crippen LogP contribution in [0, 0.1) is 11.3 Å². The minimum atomic E-state index is -0.206. The predicted octanol–water partition coefficient (Wildman–Crippen LogP) is 7.20. The van der Waals surface area contributed by atoms with Crippen molar-refractivity contribution in [1.82, 2.24) is 9.66 Å². The van der Waals surface area contributed by atoms with E-state index in [0.717, 1.165) is 31.2 Å². The Morgan fingerprint density at radius 1 is 1.18 bits per heavy atom. The number of rotatable bonds is 7. The zero-order valence-electron chi connectivity index (χ0n) is 21.4. The summed E-state index contributed by atoms with van der Waals surface area (Å²) in [5, 5.41) is 14.8. The molecule has 1 fully saturated rings. The lowest BCUT2D eigenvalue weighted by Gasteiger charge is -2.22. The lowest BCUT2D eigenvalue weighted by Crippen LogP contribution is -2.25. The van der Waals surface area contributed by atoms with E-state index < -0.39 is 0 Å². The number of hydrogen-bond acceptors (Lipinski definition) is 6. The Morgan fingerprint density at radius 3 is 2.69 bits per heavy atom. The van der Waals surface area contributed by atoms with Crippen LogP contribution in [-0.2, 0) is 6.61 Å². The summed E-state index contributed by atoms with van der Waals surface area (Å²) in [7, 11) is 1.52. The predicted molar refractivity (Wildman–Crippen MR) is 156 cm³/mol. The summed E-state index contributed by atoms with van der Waals surface area (Å²) in [6.07, 6.45) is 6.94. The number of para-hydroxylation sites is 1. The summed E-state index contributed by atoms with van der Waals surface area (Å²) in [6, 6.07) is 18.5. The van der Waals surface area contributed by atoms with E-state index in [4.69, 9.17) is 26.1 Å². The molecular formula is C30H26BrClN4O3. The molecule has 0 atom stereocenters. The van der Waals surface area contributed by atoms with E-state index >= 15 is 0 Å². The van der Waals surface area contributed by atoms with Gasteiger partial charge in [0.25, 0.3) is 5.56 Å². The fourth-order valence-electron chi connectivity index (χ4n) is 4.89. The molecule has 7 nitrogen and oxygen atoms in total. The van der Waals surface area contributed by atoms with Gasteiger partial charge in [0.1, 0.15) is 17.5 Å². The maximum atomic E-state index is 13.5. The quantitative estimate of drug-likeness (QED) is 0.208. The van der Waals surface area contributed by atoms with Crippen LogP contribution in [0.15, 0.2) is 69.0 Å². The van der Waals surface area contributed by atoms with Gasteiger partial charge in [0.15, 0.2) is 11.5 Å². The molecule has 0 bridgehead atoms. The molecule has 1 saturated carbocycles. The van der Waals surface area contributed by atoms with Crippen molar-refractivity contribution < 1.29 is 9.47 Å². The van der Waals surface area contributed by atoms with Gasteiger partial charge in [-0.2, -0.15) is 15.0 Å². The van der Waals surface area contributed by atoms with Gasteiger partial charge in [0.05, 0.1) is 35.9 Å². The highest BCUT2D eigenvalue weighted by molar-refractivity contribution is 9.10. The van der Waals surface area contributed by atoms with Crippen LogP contribution in [0.25, 0.3) is 10.9 Å². The molecule has 1 aromatic heterocycles. The Morgan fingerprint density at radius 2 is 1.92 bits per heavy atom. The molecule has 1 heterocycles. The van der Waals surface area contributed by atoms with Crippen molar-refractivity contribution in [2.45, 2.75) is 44.6 Å². The first-order chi connectivity index (χ1) is 19.0. The zero-order valence-corrected chi connectivity index (χ0v) is 23.7. The Balaban J connectivity index is 1.52. The van der Waals surface area contributed by atoms with Crippen molar-refractivity contribution in [3.63, 3.8) is 0 Å². The average Bonchev–Trinajstić information content (AvgIpc) is 2.98. The Hall–Kier alpha value is -3.67. The topological polar surface area (TPSA) is 89.5 Å². The summed E-state index contributed by atoms with van der Waals surface area (Å²) in [5.41, 5.74) is 2.34. The van der Waals surface area contributed by atoms with Gasteiger partial charge >= 0.3 is 0 Å². The SMILES string of the molecule is COc1cc(C=Nn2c(C3CCCCC3)nc3ccccc3c2=O)c(Br)c(Cl)c1OCc1ccccc1C#N. The van der Waals surface area contributed by atoms with E-state index in [1.807, 2.05) is 30.3 Å². The monoisotopic (exact) mass is 604 g/mol. The second kappa shape index (κ2) is 12.0. The van der Waals surface area contributed by atoms with Crippen molar-refractivity contribution in [3.8, 4) is 17.6 Å². The molecule has 0 amide bonds. The first-order valence-electron chi connectivity index (χ1n) is 12.7. The molecule has 0 radical (unpaired) electrons. The van der Waals surface area contributed by atoms with Gasteiger partial charge in [-0.3, -0.25) is 4.79 Å². The Bertz CT molecular complexity index is 1660. The van der Waals surface area contributed by atoms with Gasteiger partial charge in [0.2, 0.25) is 0 Å². The van der Waals surface area contributed by atoms with E-state index in [0.29, 0.717) is 48.8 Å². The third kappa shape index (κ3) is 5.56. The highest BCUT2D eigenvalue weighted by Gasteiger charge is 2.23. The molecule has 0 unspecified atom stereocenters. The van der Waals surface area contributed by atoms with E-state index in [-0.39, 0.29) is 18.1 Å². The van der Waals surface area contributed by atoms with Crippen molar-refractivity contribution in [2.75, 3.05) is 7.11 Å². The normalized spacial score (nSPS) is 14.0. The van der Waals surface area contributed by atoms with Crippen LogP contribution in [-0.4, -0.2) is 23.0 Å². The molecule has 9 heteroatoms. The summed E-state index contributed by atoms with van der Waals surface area (Å²) in [4.78, 5) is 18.4. The Kier molecular flexibility index (Phi) is 8.30. The molecule has 1 aliphatic carbocycles. The third-order valence-corrected chi connectivity index (χ3v) is 8.39. The van der Waals surface area contributed by atoms with Crippen LogP contribution in [0.3, 0.4) is 0 Å². The maximum absolute atomic E-state index is 13.5. The molecule has 0 aliphatic heterocycles. The zero-order chi connectivity index (χ0) is 27.4. The first-order valence-corrected chi connectivity index (χ1v) is 13.9. The molecule has 1 aliphatic rings. The molecule has 198 valence electrons. The summed E-state index contributed by atoms with van der Waals surface area (Å²) in [5.74, 6) is 1.58. The number of nitrogens with zero attached hydrogens (tertiary/aromatic N) is 4. The number of ether oxygens (including phenoxy) is 2. The fourth-order valence-corrected chi connectivity index (χ4v) is 5.54. The number of methoxy groups -OCH3 is 1. The van der Waals surface area contributed by atoms with Crippen molar-refractivity contribution >= 4 is 44.6 Å². The number of nitriles is 1. The van der Waals surface area contributed by atoms with Gasteiger partial charge < -0.3 is 9.47 Å². The van der Waals surface area contributed by atoms with Crippen LogP contribution < -0.4 is 15.0 Å². The van der Waals surface area contributed by atoms with Gasteiger partial charge in [-0.25, -0.2) is 4.98 Å². The van der Waals surface area contributed by atoms with E-state index in [9.17, 15) is 10.1 Å². The minimum Gasteiger partial charge on any atom is -0.493 e. The van der Waals surface area contributed by atoms with Crippen LogP contribution in [0.1, 0.15) is 60.5 Å². The number of hydrogen-bond donors (Lipinski definition) is 0. The third-order valence-electron chi connectivity index (χ3n) is 6.95. The van der Waals surface area contributed by atoms with Crippen LogP contribution in [0.5, 0.6) is 11.5 Å². The first kappa shape index (κ1) is 26.9. The number of halogens is 2. The summed E-state index contributed by atoms with van der Waals surface area (Å²) >= 11 is 10.3. The molecule has 4 aromatic rings. The molecule has 0 N–H and O–H groups in total. The van der Waals surface area contributed by atoms with Gasteiger partial charge in [-0.1, -0.05) is 61.2 Å². The average molecular weight is 606 g/mol. The van der Waals surface area contributed by atoms with Gasteiger partial charge in [-0.15, -0.1) is 0 Å². The second-order valence-corrected chi connectivity index (χ2v) is 10.5. The van der Waals surface area contributed by atoms with E-state index in [1.54, 1.807) is 30.5 Å². The summed E-state index contributed by atoms with van der Waals surface area (Å²) in [6.45, 7) is 0.141. The largest absolute Gasteiger partial charge is 0.493 e. The molecular weight excluding hydrogens is 580 g/mol. The molecule has 0 spiro atoms. The Labute approximate surface area is 239 Å². The number of fused-ring (bicyclic) bond motifs is 1. The van der Waals surface area contributed by atoms with Crippen molar-refractivity contribution in [3.05, 3.63) is 97.0 Å². The minimum absolute atomic E-state index is 0.141. The van der Waals surface area contributed by atoms with E-state index in [2.05, 4.69) is 27.1 Å². The standard InChI is InChI=1S/C30H26BrClN4O3/c1-38-25-15-22(26(31)27(32)28(25)39-18-21-12-6-5-11-20(21)16-33)17-34-36-29(19-9-3-2-4-10-19)35-24-14-8-7-13-23(24)30(36)37/h5-8,11-15,17,19H,2-4,9-10,18H2,1H3. The highest BCUT2D eigenvalue weighted by Crippen LogP contribution is 2.42. The van der Waals surface area contributed by atoms with E-state index in [1.165, 1.54) is 18.2 Å². The lowest BCUT2D eigenvalue weighted by molar-refractivity contribution is 0.284. The van der Waals surface area contributed by atoms with Crippen molar-refractivity contribution in [2.24, 2.45) is 5.10 Å². The van der Waals surface area contributed by atoms with Gasteiger partial charge in [-0.05, 0) is 53.0 Å². The smallest absolute Gasteiger partial charge is 0.282 e. The fraction of sp³-hybridized carbons (Fsp3) is 0.267. The summed E-state index contributed by atoms with van der Waals surface area (Å²) < 4.78 is 13.6. The lowest BCUT2D eigenvalue weighted by atomic mass is 9.88. The van der Waals surface area contributed by atoms with Crippen LogP contribution >= 0.6 is 27.5 Å². The van der Waals surface area contributed by atoms with Crippen LogP contribution in [0.4, 0.5) is 0 Å². The molecule has 5 rings (SSSR count). The van der Waals surface area contributed by atoms with Crippen LogP contribution in [0.2, 0.25) is 5.02 Å². The number of aromatic nitrogens is 2. The molecule has 3 aromatic carbocycles. The molecule has 39 heavy (non-hydrogen) atoms. The number of benzene rings is 3. The van der Waals surface area contributed by atoms with Crippen molar-refractivity contribution in [1.29, 1.82) is 5.26 Å². The second-order valence-electron chi connectivity index (χ2n) is 9.37. The van der Waals surface area contributed by atoms with Gasteiger partial charge in [0, 0.05) is 21.5 Å².